The molecule has 40 heavy (non-hydrogen) atoms. The topological polar surface area (TPSA) is 96.1 Å². The Kier molecular flexibility index (Phi) is 7.58. The number of dihydropyridines is 1. The number of imidazole rings is 1. The monoisotopic (exact) mass is 573 g/mol. The number of pyridine rings is 1. The third-order valence-corrected chi connectivity index (χ3v) is 8.95. The lowest BCUT2D eigenvalue weighted by atomic mass is 9.90. The molecule has 2 aromatic heterocycles. The fourth-order valence-electron chi connectivity index (χ4n) is 5.19. The number of allylic oxidation sites excluding steroid dienone is 1. The van der Waals surface area contributed by atoms with E-state index in [0.29, 0.717) is 53.6 Å². The number of amides is 1. The third kappa shape index (κ3) is 5.42. The molecule has 1 amide bonds. The van der Waals surface area contributed by atoms with Gasteiger partial charge in [0.05, 0.1) is 11.4 Å². The molecule has 1 saturated heterocycles. The second-order valence-electron chi connectivity index (χ2n) is 10.1. The molecule has 3 aromatic rings. The average Bonchev–Trinajstić information content (AvgIpc) is 3.14. The highest BCUT2D eigenvalue weighted by atomic mass is 32.2. The second kappa shape index (κ2) is 10.8. The quantitative estimate of drug-likeness (QED) is 0.472. The molecule has 0 spiro atoms. The lowest BCUT2D eigenvalue weighted by molar-refractivity contribution is -0.0486. The fraction of sp³-hybridized carbons (Fsp3) is 0.393. The van der Waals surface area contributed by atoms with Gasteiger partial charge in [-0.25, -0.2) is 13.4 Å². The molecule has 2 aliphatic heterocycles. The highest BCUT2D eigenvalue weighted by molar-refractivity contribution is 7.90. The van der Waals surface area contributed by atoms with E-state index >= 15 is 0 Å². The predicted octanol–water partition coefficient (Wildman–Crippen LogP) is 4.43. The molecule has 1 unspecified atom stereocenters. The highest BCUT2D eigenvalue weighted by Gasteiger charge is 2.50. The highest BCUT2D eigenvalue weighted by Crippen LogP contribution is 2.33. The van der Waals surface area contributed by atoms with E-state index in [2.05, 4.69) is 15.3 Å². The number of alkyl halides is 3. The SMILES string of the molecule is CCc1nc2ccc(C)cn2c1C(=O)NCc1ccc(C2=NCC3CCCN(S(=O)(=O)C(F)(F)F)CC3=C2)cc1. The van der Waals surface area contributed by atoms with E-state index in [1.54, 1.807) is 6.08 Å². The van der Waals surface area contributed by atoms with Crippen LogP contribution in [0.2, 0.25) is 0 Å². The fourth-order valence-corrected chi connectivity index (χ4v) is 6.17. The number of aliphatic imine (C=N–C) groups is 1. The Morgan fingerprint density at radius 1 is 1.15 bits per heavy atom. The number of aromatic nitrogens is 2. The number of sulfonamides is 1. The number of halogens is 3. The predicted molar refractivity (Wildman–Crippen MR) is 146 cm³/mol. The van der Waals surface area contributed by atoms with Crippen molar-refractivity contribution in [1.29, 1.82) is 0 Å². The van der Waals surface area contributed by atoms with E-state index in [-0.39, 0.29) is 24.9 Å². The Labute approximate surface area is 230 Å². The molecule has 0 aliphatic carbocycles. The van der Waals surface area contributed by atoms with Crippen molar-refractivity contribution >= 4 is 27.3 Å². The van der Waals surface area contributed by atoms with E-state index in [0.717, 1.165) is 28.0 Å². The summed E-state index contributed by atoms with van der Waals surface area (Å²) in [6, 6.07) is 11.2. The number of carbonyl (C=O) groups is 1. The van der Waals surface area contributed by atoms with Gasteiger partial charge in [0, 0.05) is 38.3 Å². The van der Waals surface area contributed by atoms with Gasteiger partial charge >= 0.3 is 15.5 Å². The first-order valence-corrected chi connectivity index (χ1v) is 14.6. The van der Waals surface area contributed by atoms with Crippen LogP contribution in [-0.2, 0) is 23.0 Å². The summed E-state index contributed by atoms with van der Waals surface area (Å²) >= 11 is 0. The number of rotatable bonds is 6. The minimum atomic E-state index is -5.40. The summed E-state index contributed by atoms with van der Waals surface area (Å²) in [5.41, 5.74) is 0.508. The molecule has 1 fully saturated rings. The Balaban J connectivity index is 1.29. The van der Waals surface area contributed by atoms with Crippen LogP contribution in [0.1, 0.15) is 52.6 Å². The Bertz CT molecular complexity index is 1610. The van der Waals surface area contributed by atoms with E-state index in [1.807, 2.05) is 60.8 Å². The number of aryl methyl sites for hydroxylation is 2. The second-order valence-corrected chi connectivity index (χ2v) is 12.1. The Morgan fingerprint density at radius 2 is 1.90 bits per heavy atom. The first kappa shape index (κ1) is 28.0. The molecule has 0 radical (unpaired) electrons. The van der Waals surface area contributed by atoms with Crippen LogP contribution < -0.4 is 5.32 Å². The van der Waals surface area contributed by atoms with Gasteiger partial charge in [-0.3, -0.25) is 14.2 Å². The first-order valence-electron chi connectivity index (χ1n) is 13.1. The van der Waals surface area contributed by atoms with E-state index in [1.165, 1.54) is 0 Å². The van der Waals surface area contributed by atoms with Crippen LogP contribution in [0.25, 0.3) is 5.65 Å². The molecule has 5 rings (SSSR count). The van der Waals surface area contributed by atoms with Crippen molar-refractivity contribution < 1.29 is 26.4 Å². The van der Waals surface area contributed by atoms with Crippen LogP contribution >= 0.6 is 0 Å². The van der Waals surface area contributed by atoms with Crippen LogP contribution in [-0.4, -0.2) is 58.9 Å². The van der Waals surface area contributed by atoms with Gasteiger partial charge in [0.15, 0.2) is 0 Å². The van der Waals surface area contributed by atoms with Gasteiger partial charge in [-0.2, -0.15) is 17.5 Å². The normalized spacial score (nSPS) is 18.6. The molecule has 1 atom stereocenters. The van der Waals surface area contributed by atoms with Crippen molar-refractivity contribution in [3.05, 3.63) is 82.3 Å². The minimum absolute atomic E-state index is 0.0805. The summed E-state index contributed by atoms with van der Waals surface area (Å²) in [5, 5.41) is 2.97. The summed E-state index contributed by atoms with van der Waals surface area (Å²) in [5.74, 6) is -0.304. The van der Waals surface area contributed by atoms with Gasteiger partial charge in [-0.15, -0.1) is 0 Å². The van der Waals surface area contributed by atoms with Gasteiger partial charge in [0.2, 0.25) is 0 Å². The number of nitrogens with one attached hydrogen (secondary N) is 1. The van der Waals surface area contributed by atoms with Crippen molar-refractivity contribution in [2.75, 3.05) is 19.6 Å². The van der Waals surface area contributed by atoms with Crippen LogP contribution in [0.15, 0.2) is 59.2 Å². The van der Waals surface area contributed by atoms with Gasteiger partial charge < -0.3 is 5.32 Å². The van der Waals surface area contributed by atoms with E-state index < -0.39 is 15.5 Å². The largest absolute Gasteiger partial charge is 0.511 e. The number of carbonyl (C=O) groups excluding carboxylic acids is 1. The van der Waals surface area contributed by atoms with Crippen LogP contribution in [0.5, 0.6) is 0 Å². The molecule has 12 heteroatoms. The van der Waals surface area contributed by atoms with Crippen molar-refractivity contribution in [2.24, 2.45) is 10.9 Å². The molecule has 8 nitrogen and oxygen atoms in total. The number of hydrogen-bond acceptors (Lipinski definition) is 5. The Hall–Kier alpha value is -3.51. The smallest absolute Gasteiger partial charge is 0.347 e. The maximum atomic E-state index is 13.2. The molecule has 2 aliphatic rings. The molecule has 0 saturated carbocycles. The number of benzene rings is 1. The van der Waals surface area contributed by atoms with Gasteiger partial charge in [0.1, 0.15) is 11.3 Å². The van der Waals surface area contributed by atoms with Crippen LogP contribution in [0, 0.1) is 12.8 Å². The van der Waals surface area contributed by atoms with Crippen LogP contribution in [0.4, 0.5) is 13.2 Å². The van der Waals surface area contributed by atoms with E-state index in [9.17, 15) is 26.4 Å². The summed E-state index contributed by atoms with van der Waals surface area (Å²) in [4.78, 5) is 22.3. The average molecular weight is 574 g/mol. The maximum absolute atomic E-state index is 13.2. The first-order chi connectivity index (χ1) is 19.0. The molecule has 1 aromatic carbocycles. The number of nitrogens with zero attached hydrogens (tertiary/aromatic N) is 4. The molecule has 4 heterocycles. The van der Waals surface area contributed by atoms with Crippen molar-refractivity contribution in [2.45, 2.75) is 45.2 Å². The van der Waals surface area contributed by atoms with Gasteiger partial charge in [0.25, 0.3) is 5.91 Å². The third-order valence-electron chi connectivity index (χ3n) is 7.37. The molecule has 1 N–H and O–H groups in total. The van der Waals surface area contributed by atoms with Gasteiger partial charge in [-0.1, -0.05) is 37.3 Å². The summed E-state index contributed by atoms with van der Waals surface area (Å²) in [6.07, 6.45) is 5.15. The summed E-state index contributed by atoms with van der Waals surface area (Å²) in [7, 11) is -5.40. The summed E-state index contributed by atoms with van der Waals surface area (Å²) < 4.78 is 65.9. The molecular formula is C28H30F3N5O3S. The lowest BCUT2D eigenvalue weighted by Gasteiger charge is -2.25. The van der Waals surface area contributed by atoms with E-state index in [4.69, 9.17) is 0 Å². The minimum Gasteiger partial charge on any atom is -0.347 e. The lowest BCUT2D eigenvalue weighted by Crippen LogP contribution is -2.42. The number of fused-ring (bicyclic) bond motifs is 2. The van der Waals surface area contributed by atoms with Gasteiger partial charge in [-0.05, 0) is 60.6 Å². The molecular weight excluding hydrogens is 543 g/mol. The zero-order chi connectivity index (χ0) is 28.7. The van der Waals surface area contributed by atoms with Crippen molar-refractivity contribution in [3.8, 4) is 0 Å². The van der Waals surface area contributed by atoms with Crippen molar-refractivity contribution in [3.63, 3.8) is 0 Å². The van der Waals surface area contributed by atoms with Crippen LogP contribution in [0.3, 0.4) is 0 Å². The molecule has 212 valence electrons. The van der Waals surface area contributed by atoms with Crippen molar-refractivity contribution in [1.82, 2.24) is 19.0 Å². The zero-order valence-corrected chi connectivity index (χ0v) is 23.0. The maximum Gasteiger partial charge on any atom is 0.511 e. The molecule has 0 bridgehead atoms. The Morgan fingerprint density at radius 3 is 2.60 bits per heavy atom. The number of hydrogen-bond donors (Lipinski definition) is 1. The summed E-state index contributed by atoms with van der Waals surface area (Å²) in [6.45, 7) is 4.14. The zero-order valence-electron chi connectivity index (χ0n) is 22.2. The standard InChI is InChI=1S/C28H30F3N5O3S/c1-3-23-26(36-16-18(2)6-11-25(36)34-23)27(37)33-14-19-7-9-20(10-8-19)24-13-22-17-35(40(38,39)28(29,30)31)12-4-5-21(22)15-32-24/h6-11,13,16,21H,3-5,12,14-15,17H2,1-2H3,(H,33,37).